The Hall–Kier alpha value is -1.80. The van der Waals surface area contributed by atoms with E-state index < -0.39 is 0 Å². The van der Waals surface area contributed by atoms with E-state index in [0.29, 0.717) is 30.5 Å². The molecule has 0 spiro atoms. The zero-order valence-corrected chi connectivity index (χ0v) is 19.1. The molecule has 2 fully saturated rings. The Morgan fingerprint density at radius 2 is 1.97 bits per heavy atom. The molecule has 0 aliphatic carbocycles. The molecule has 2 bridgehead atoms. The average Bonchev–Trinajstić information content (AvgIpc) is 3.17. The molecule has 0 saturated carbocycles. The summed E-state index contributed by atoms with van der Waals surface area (Å²) in [5.41, 5.74) is 2.84. The summed E-state index contributed by atoms with van der Waals surface area (Å²) in [6.45, 7) is 6.55. The fraction of sp³-hybridized carbons (Fsp3) is 0.545. The van der Waals surface area contributed by atoms with Gasteiger partial charge in [0.2, 0.25) is 0 Å². The fourth-order valence-corrected chi connectivity index (χ4v) is 5.10. The van der Waals surface area contributed by atoms with Gasteiger partial charge in [-0.2, -0.15) is 0 Å². The summed E-state index contributed by atoms with van der Waals surface area (Å²) in [6.07, 6.45) is 5.14. The van der Waals surface area contributed by atoms with Gasteiger partial charge < -0.3 is 19.2 Å². The number of hydrogen-bond donors (Lipinski definition) is 1. The number of halogens is 2. The lowest BCUT2D eigenvalue weighted by Crippen LogP contribution is -2.45. The third kappa shape index (κ3) is 4.85. The van der Waals surface area contributed by atoms with Crippen LogP contribution in [0.1, 0.15) is 40.4 Å². The number of nitrogens with one attached hydrogen (secondary N) is 1. The number of hydrogen-bond acceptors (Lipinski definition) is 5. The third-order valence-corrected chi connectivity index (χ3v) is 6.63. The van der Waals surface area contributed by atoms with E-state index in [2.05, 4.69) is 16.3 Å². The van der Waals surface area contributed by atoms with E-state index in [4.69, 9.17) is 4.42 Å². The molecular formula is C22H30Cl2N4O3. The van der Waals surface area contributed by atoms with Crippen molar-refractivity contribution in [1.82, 2.24) is 19.7 Å². The van der Waals surface area contributed by atoms with Crippen LogP contribution in [-0.2, 0) is 13.1 Å². The van der Waals surface area contributed by atoms with Gasteiger partial charge in [-0.3, -0.25) is 14.5 Å². The zero-order chi connectivity index (χ0) is 19.8. The maximum atomic E-state index is 13.2. The second-order valence-corrected chi connectivity index (χ2v) is 8.59. The van der Waals surface area contributed by atoms with Gasteiger partial charge in [0.05, 0.1) is 11.8 Å². The molecule has 2 aromatic rings. The minimum Gasteiger partial charge on any atom is -0.472 e. The molecule has 0 unspecified atom stereocenters. The number of furan rings is 1. The van der Waals surface area contributed by atoms with Crippen LogP contribution in [0.2, 0.25) is 0 Å². The van der Waals surface area contributed by atoms with Gasteiger partial charge in [0.15, 0.2) is 0 Å². The van der Waals surface area contributed by atoms with Crippen LogP contribution >= 0.6 is 24.8 Å². The minimum absolute atomic E-state index is 0. The van der Waals surface area contributed by atoms with E-state index in [0.717, 1.165) is 51.3 Å². The Balaban J connectivity index is 0.00000136. The van der Waals surface area contributed by atoms with Crippen molar-refractivity contribution in [3.8, 4) is 0 Å². The standard InChI is InChI=1S/C22H28N4O3.2ClH/c27-21(18-4-9-29-15-18)25-6-1-5-24(7-8-25)14-17-2-3-20-19-10-16(11-23-12-19)13-26(20)22(17)28;;/h2-4,9,15-16,19,23H,1,5-8,10-14H2;2*1H/t16-,19+;;/m0../s1. The van der Waals surface area contributed by atoms with Gasteiger partial charge in [0, 0.05) is 63.0 Å². The van der Waals surface area contributed by atoms with Crippen LogP contribution in [0, 0.1) is 5.92 Å². The molecule has 2 aromatic heterocycles. The number of nitrogens with zero attached hydrogens (tertiary/aromatic N) is 3. The van der Waals surface area contributed by atoms with Gasteiger partial charge in [0.1, 0.15) is 6.26 Å². The van der Waals surface area contributed by atoms with Crippen molar-refractivity contribution in [2.75, 3.05) is 39.3 Å². The maximum Gasteiger partial charge on any atom is 0.257 e. The van der Waals surface area contributed by atoms with E-state index >= 15 is 0 Å². The van der Waals surface area contributed by atoms with E-state index in [1.54, 1.807) is 6.07 Å². The first kappa shape index (κ1) is 23.9. The Morgan fingerprint density at radius 3 is 2.77 bits per heavy atom. The van der Waals surface area contributed by atoms with Crippen molar-refractivity contribution in [1.29, 1.82) is 0 Å². The van der Waals surface area contributed by atoms with E-state index in [1.807, 2.05) is 15.5 Å². The number of carbonyl (C=O) groups is 1. The molecule has 3 aliphatic rings. The highest BCUT2D eigenvalue weighted by molar-refractivity contribution is 5.93. The molecule has 2 atom stereocenters. The number of amides is 1. The summed E-state index contributed by atoms with van der Waals surface area (Å²) in [7, 11) is 0. The van der Waals surface area contributed by atoms with Gasteiger partial charge in [-0.05, 0) is 37.4 Å². The summed E-state index contributed by atoms with van der Waals surface area (Å²) in [4.78, 5) is 29.9. The van der Waals surface area contributed by atoms with Crippen LogP contribution in [0.25, 0.3) is 0 Å². The number of fused-ring (bicyclic) bond motifs is 4. The van der Waals surface area contributed by atoms with Crippen LogP contribution < -0.4 is 10.9 Å². The van der Waals surface area contributed by atoms with Crippen LogP contribution in [0.4, 0.5) is 0 Å². The average molecular weight is 469 g/mol. The van der Waals surface area contributed by atoms with Gasteiger partial charge >= 0.3 is 0 Å². The SMILES string of the molecule is Cl.Cl.O=C(c1ccoc1)N1CCCN(Cc2ccc3n(c2=O)C[C@@H]2CNC[C@H]3C2)CC1. The first-order valence-electron chi connectivity index (χ1n) is 10.7. The number of piperidine rings is 1. The number of pyridine rings is 1. The lowest BCUT2D eigenvalue weighted by Gasteiger charge is -2.37. The Bertz CT molecular complexity index is 947. The maximum absolute atomic E-state index is 13.2. The van der Waals surface area contributed by atoms with Crippen molar-refractivity contribution in [3.63, 3.8) is 0 Å². The summed E-state index contributed by atoms with van der Waals surface area (Å²) in [5, 5.41) is 3.50. The van der Waals surface area contributed by atoms with E-state index in [1.165, 1.54) is 24.6 Å². The van der Waals surface area contributed by atoms with E-state index in [-0.39, 0.29) is 36.3 Å². The minimum atomic E-state index is 0. The van der Waals surface area contributed by atoms with E-state index in [9.17, 15) is 9.59 Å². The molecule has 31 heavy (non-hydrogen) atoms. The first-order valence-corrected chi connectivity index (χ1v) is 10.7. The lowest BCUT2D eigenvalue weighted by molar-refractivity contribution is 0.0760. The largest absolute Gasteiger partial charge is 0.472 e. The van der Waals surface area contributed by atoms with Crippen LogP contribution in [0.5, 0.6) is 0 Å². The Kier molecular flexibility index (Phi) is 7.86. The summed E-state index contributed by atoms with van der Waals surface area (Å²) in [6, 6.07) is 5.91. The predicted octanol–water partition coefficient (Wildman–Crippen LogP) is 2.34. The highest BCUT2D eigenvalue weighted by Gasteiger charge is 2.31. The summed E-state index contributed by atoms with van der Waals surface area (Å²) in [5.74, 6) is 1.05. The molecule has 1 N–H and O–H groups in total. The van der Waals surface area contributed by atoms with Crippen LogP contribution in [-0.4, -0.2) is 59.5 Å². The molecule has 2 saturated heterocycles. The predicted molar refractivity (Wildman–Crippen MR) is 123 cm³/mol. The quantitative estimate of drug-likeness (QED) is 0.748. The van der Waals surface area contributed by atoms with Gasteiger partial charge in [0.25, 0.3) is 11.5 Å². The highest BCUT2D eigenvalue weighted by atomic mass is 35.5. The number of rotatable bonds is 3. The van der Waals surface area contributed by atoms with Crippen molar-refractivity contribution >= 4 is 30.7 Å². The number of carbonyl (C=O) groups excluding carboxylic acids is 1. The molecule has 9 heteroatoms. The second-order valence-electron chi connectivity index (χ2n) is 8.59. The van der Waals surface area contributed by atoms with Crippen LogP contribution in [0.3, 0.4) is 0 Å². The topological polar surface area (TPSA) is 70.7 Å². The molecule has 7 nitrogen and oxygen atoms in total. The molecule has 5 heterocycles. The van der Waals surface area contributed by atoms with Gasteiger partial charge in [-0.15, -0.1) is 24.8 Å². The molecular weight excluding hydrogens is 439 g/mol. The zero-order valence-electron chi connectivity index (χ0n) is 17.5. The van der Waals surface area contributed by atoms with Crippen molar-refractivity contribution < 1.29 is 9.21 Å². The second kappa shape index (κ2) is 10.2. The molecule has 5 rings (SSSR count). The van der Waals surface area contributed by atoms with Gasteiger partial charge in [-0.25, -0.2) is 0 Å². The van der Waals surface area contributed by atoms with Crippen LogP contribution in [0.15, 0.2) is 39.9 Å². The first-order chi connectivity index (χ1) is 14.2. The molecule has 3 aliphatic heterocycles. The summed E-state index contributed by atoms with van der Waals surface area (Å²) >= 11 is 0. The molecule has 0 radical (unpaired) electrons. The third-order valence-electron chi connectivity index (χ3n) is 6.63. The number of aromatic nitrogens is 1. The molecule has 1 amide bonds. The monoisotopic (exact) mass is 468 g/mol. The van der Waals surface area contributed by atoms with Crippen molar-refractivity contribution in [2.24, 2.45) is 5.92 Å². The summed E-state index contributed by atoms with van der Waals surface area (Å²) < 4.78 is 7.07. The molecule has 0 aromatic carbocycles. The normalized spacial score (nSPS) is 23.2. The van der Waals surface area contributed by atoms with Crippen molar-refractivity contribution in [3.05, 3.63) is 57.9 Å². The lowest BCUT2D eigenvalue weighted by atomic mass is 9.84. The Labute approximate surface area is 194 Å². The fourth-order valence-electron chi connectivity index (χ4n) is 5.10. The molecule has 170 valence electrons. The van der Waals surface area contributed by atoms with Crippen molar-refractivity contribution in [2.45, 2.75) is 31.8 Å². The van der Waals surface area contributed by atoms with Gasteiger partial charge in [-0.1, -0.05) is 6.07 Å². The Morgan fingerprint density at radius 1 is 1.10 bits per heavy atom. The smallest absolute Gasteiger partial charge is 0.257 e. The highest BCUT2D eigenvalue weighted by Crippen LogP contribution is 2.31.